The van der Waals surface area contributed by atoms with E-state index < -0.39 is 0 Å². The Morgan fingerprint density at radius 2 is 0.857 bits per heavy atom. The Kier molecular flexibility index (Phi) is 202. The fourth-order valence-corrected chi connectivity index (χ4v) is 0. The maximum absolute atomic E-state index is 3.36. The van der Waals surface area contributed by atoms with Crippen molar-refractivity contribution in [3.8, 4) is 0 Å². The molecule has 0 saturated heterocycles. The van der Waals surface area contributed by atoms with Crippen LogP contribution in [-0.2, 0) is 0 Å². The molecule has 0 rings (SSSR count). The minimum absolute atomic E-state index is 0. The SMILES string of the molecule is C.C.C.CN=NC. The van der Waals surface area contributed by atoms with Gasteiger partial charge in [-0.15, -0.1) is 0 Å². The Hall–Kier alpha value is -0.400. The van der Waals surface area contributed by atoms with Gasteiger partial charge in [0.1, 0.15) is 0 Å². The summed E-state index contributed by atoms with van der Waals surface area (Å²) in [4.78, 5) is 0. The van der Waals surface area contributed by atoms with E-state index in [0.29, 0.717) is 0 Å². The van der Waals surface area contributed by atoms with Crippen LogP contribution in [0.15, 0.2) is 10.2 Å². The van der Waals surface area contributed by atoms with Crippen LogP contribution in [0, 0.1) is 0 Å². The second kappa shape index (κ2) is 46.3. The summed E-state index contributed by atoms with van der Waals surface area (Å²) in [5, 5.41) is 6.72. The standard InChI is InChI=1S/C2H6N2.3CH4/c1-3-4-2;;;/h1-2H3;3*1H4. The summed E-state index contributed by atoms with van der Waals surface area (Å²) in [5.41, 5.74) is 0. The average Bonchev–Trinajstić information content (AvgIpc) is 1.37. The molecule has 0 aromatic rings. The number of nitrogens with zero attached hydrogens (tertiary/aromatic N) is 2. The summed E-state index contributed by atoms with van der Waals surface area (Å²) in [5.74, 6) is 0. The molecular weight excluding hydrogens is 88.1 g/mol. The second-order valence-corrected chi connectivity index (χ2v) is 0.400. The number of hydrogen-bond acceptors (Lipinski definition) is 2. The number of hydrogen-bond donors (Lipinski definition) is 0. The molecule has 0 aromatic heterocycles. The summed E-state index contributed by atoms with van der Waals surface area (Å²) in [7, 11) is 3.28. The van der Waals surface area contributed by atoms with Crippen molar-refractivity contribution in [1.29, 1.82) is 0 Å². The third-order valence-corrected chi connectivity index (χ3v) is 0.200. The van der Waals surface area contributed by atoms with Crippen LogP contribution in [0.2, 0.25) is 0 Å². The van der Waals surface area contributed by atoms with Gasteiger partial charge in [-0.1, -0.05) is 22.3 Å². The summed E-state index contributed by atoms with van der Waals surface area (Å²) >= 11 is 0. The van der Waals surface area contributed by atoms with Crippen molar-refractivity contribution in [1.82, 2.24) is 0 Å². The molecule has 2 heteroatoms. The smallest absolute Gasteiger partial charge is 0.0487 e. The molecule has 0 radical (unpaired) electrons. The first-order valence-electron chi connectivity index (χ1n) is 1.09. The first kappa shape index (κ1) is 30.6. The molecule has 0 unspecified atom stereocenters. The molecule has 0 N–H and O–H groups in total. The summed E-state index contributed by atoms with van der Waals surface area (Å²) in [6.45, 7) is 0. The minimum Gasteiger partial charge on any atom is -0.198 e. The van der Waals surface area contributed by atoms with Gasteiger partial charge in [-0.05, 0) is 0 Å². The largest absolute Gasteiger partial charge is 0.198 e. The van der Waals surface area contributed by atoms with Gasteiger partial charge in [0.25, 0.3) is 0 Å². The number of rotatable bonds is 0. The van der Waals surface area contributed by atoms with Crippen LogP contribution in [0.25, 0.3) is 0 Å². The predicted octanol–water partition coefficient (Wildman–Crippen LogP) is 2.61. The lowest BCUT2D eigenvalue weighted by atomic mass is 11.5. The predicted molar refractivity (Wildman–Crippen MR) is 36.9 cm³/mol. The topological polar surface area (TPSA) is 24.7 Å². The zero-order chi connectivity index (χ0) is 3.41. The lowest BCUT2D eigenvalue weighted by Gasteiger charge is -1.54. The maximum atomic E-state index is 3.36. The monoisotopic (exact) mass is 106 g/mol. The van der Waals surface area contributed by atoms with E-state index in [1.165, 1.54) is 0 Å². The molecule has 0 atom stereocenters. The quantitative estimate of drug-likeness (QED) is 0.424. The highest BCUT2D eigenvalue weighted by molar-refractivity contribution is 3.96. The lowest BCUT2D eigenvalue weighted by Crippen LogP contribution is -1.38. The van der Waals surface area contributed by atoms with Crippen LogP contribution in [0.4, 0.5) is 0 Å². The highest BCUT2D eigenvalue weighted by atomic mass is 15.0. The third kappa shape index (κ3) is 202. The van der Waals surface area contributed by atoms with Gasteiger partial charge >= 0.3 is 0 Å². The van der Waals surface area contributed by atoms with Gasteiger partial charge in [0.05, 0.1) is 0 Å². The van der Waals surface area contributed by atoms with E-state index in [1.54, 1.807) is 14.1 Å². The fraction of sp³-hybridized carbons (Fsp3) is 1.00. The zero-order valence-corrected chi connectivity index (χ0v) is 2.89. The molecule has 0 aliphatic carbocycles. The van der Waals surface area contributed by atoms with E-state index in [4.69, 9.17) is 0 Å². The molecule has 0 heterocycles. The molecule has 0 aromatic carbocycles. The van der Waals surface area contributed by atoms with Crippen LogP contribution in [0.1, 0.15) is 22.3 Å². The van der Waals surface area contributed by atoms with E-state index in [-0.39, 0.29) is 22.3 Å². The van der Waals surface area contributed by atoms with E-state index in [9.17, 15) is 0 Å². The molecule has 0 aliphatic heterocycles. The van der Waals surface area contributed by atoms with Gasteiger partial charge < -0.3 is 0 Å². The molecule has 0 amide bonds. The van der Waals surface area contributed by atoms with Crippen LogP contribution < -0.4 is 0 Å². The molecule has 0 saturated carbocycles. The van der Waals surface area contributed by atoms with Gasteiger partial charge in [-0.25, -0.2) is 0 Å². The van der Waals surface area contributed by atoms with Crippen molar-refractivity contribution < 1.29 is 0 Å². The van der Waals surface area contributed by atoms with E-state index in [1.807, 2.05) is 0 Å². The normalized spacial score (nSPS) is 5.43. The summed E-state index contributed by atoms with van der Waals surface area (Å²) in [6.07, 6.45) is 0. The highest BCUT2D eigenvalue weighted by Crippen LogP contribution is 1.48. The van der Waals surface area contributed by atoms with Gasteiger partial charge in [0.2, 0.25) is 0 Å². The summed E-state index contributed by atoms with van der Waals surface area (Å²) in [6, 6.07) is 0. The van der Waals surface area contributed by atoms with Crippen molar-refractivity contribution in [2.75, 3.05) is 14.1 Å². The second-order valence-electron chi connectivity index (χ2n) is 0.400. The van der Waals surface area contributed by atoms with Crippen LogP contribution in [0.5, 0.6) is 0 Å². The van der Waals surface area contributed by atoms with E-state index >= 15 is 0 Å². The fourth-order valence-electron chi connectivity index (χ4n) is 0. The molecule has 48 valence electrons. The van der Waals surface area contributed by atoms with E-state index in [0.717, 1.165) is 0 Å². The summed E-state index contributed by atoms with van der Waals surface area (Å²) < 4.78 is 0. The Morgan fingerprint density at radius 1 is 0.714 bits per heavy atom. The molecule has 7 heavy (non-hydrogen) atoms. The Bertz CT molecular complexity index is 21.3. The van der Waals surface area contributed by atoms with Crippen molar-refractivity contribution in [2.45, 2.75) is 22.3 Å². The van der Waals surface area contributed by atoms with Gasteiger partial charge in [-0.2, -0.15) is 10.2 Å². The number of azo groups is 1. The Balaban J connectivity index is -0.0000000150. The average molecular weight is 106 g/mol. The van der Waals surface area contributed by atoms with Crippen molar-refractivity contribution in [3.05, 3.63) is 0 Å². The zero-order valence-electron chi connectivity index (χ0n) is 2.89. The van der Waals surface area contributed by atoms with Crippen LogP contribution in [-0.4, -0.2) is 14.1 Å². The van der Waals surface area contributed by atoms with E-state index in [2.05, 4.69) is 10.2 Å². The molecule has 0 bridgehead atoms. The first-order chi connectivity index (χ1) is 1.91. The molecular formula is C5H18N2. The molecule has 0 spiro atoms. The highest BCUT2D eigenvalue weighted by Gasteiger charge is 1.31. The van der Waals surface area contributed by atoms with Crippen LogP contribution in [0.3, 0.4) is 0 Å². The lowest BCUT2D eigenvalue weighted by molar-refractivity contribution is 1.11. The third-order valence-electron chi connectivity index (χ3n) is 0.200. The molecule has 2 nitrogen and oxygen atoms in total. The maximum Gasteiger partial charge on any atom is 0.0487 e. The van der Waals surface area contributed by atoms with Crippen molar-refractivity contribution in [2.24, 2.45) is 10.2 Å². The minimum atomic E-state index is 0. The van der Waals surface area contributed by atoms with Gasteiger partial charge in [-0.3, -0.25) is 0 Å². The molecule has 0 aliphatic rings. The Morgan fingerprint density at radius 3 is 0.857 bits per heavy atom. The van der Waals surface area contributed by atoms with Crippen molar-refractivity contribution in [3.63, 3.8) is 0 Å². The molecule has 0 fully saturated rings. The van der Waals surface area contributed by atoms with Crippen LogP contribution >= 0.6 is 0 Å². The first-order valence-corrected chi connectivity index (χ1v) is 1.09. The Labute approximate surface area is 47.7 Å². The van der Waals surface area contributed by atoms with Crippen molar-refractivity contribution >= 4 is 0 Å². The van der Waals surface area contributed by atoms with Gasteiger partial charge in [0.15, 0.2) is 0 Å². The van der Waals surface area contributed by atoms with Gasteiger partial charge in [0, 0.05) is 14.1 Å².